The minimum absolute atomic E-state index is 0.334. The summed E-state index contributed by atoms with van der Waals surface area (Å²) in [6.07, 6.45) is 3.81. The van der Waals surface area contributed by atoms with E-state index in [1.54, 1.807) is 11.1 Å². The maximum absolute atomic E-state index is 5.92. The second kappa shape index (κ2) is 5.99. The van der Waals surface area contributed by atoms with Crippen molar-refractivity contribution in [1.82, 2.24) is 5.32 Å². The predicted octanol–water partition coefficient (Wildman–Crippen LogP) is 4.68. The van der Waals surface area contributed by atoms with Crippen LogP contribution in [0.2, 0.25) is 5.02 Å². The summed E-state index contributed by atoms with van der Waals surface area (Å²) in [5.74, 6) is 0. The first-order valence-electron chi connectivity index (χ1n) is 7.32. The van der Waals surface area contributed by atoms with Gasteiger partial charge >= 0.3 is 0 Å². The highest BCUT2D eigenvalue weighted by molar-refractivity contribution is 6.30. The Kier molecular flexibility index (Phi) is 4.09. The van der Waals surface area contributed by atoms with Gasteiger partial charge in [-0.05, 0) is 60.6 Å². The number of halogens is 1. The van der Waals surface area contributed by atoms with Crippen LogP contribution in [0.15, 0.2) is 42.5 Å². The van der Waals surface area contributed by atoms with Crippen molar-refractivity contribution >= 4 is 11.6 Å². The van der Waals surface area contributed by atoms with Crippen LogP contribution in [0, 0.1) is 0 Å². The Morgan fingerprint density at radius 3 is 2.60 bits per heavy atom. The second-order valence-electron chi connectivity index (χ2n) is 5.61. The van der Waals surface area contributed by atoms with Gasteiger partial charge in [-0.1, -0.05) is 41.9 Å². The molecule has 1 N–H and O–H groups in total. The van der Waals surface area contributed by atoms with Gasteiger partial charge in [0, 0.05) is 17.6 Å². The Balaban J connectivity index is 1.63. The Morgan fingerprint density at radius 1 is 1.05 bits per heavy atom. The van der Waals surface area contributed by atoms with Crippen molar-refractivity contribution in [3.63, 3.8) is 0 Å². The zero-order valence-electron chi connectivity index (χ0n) is 11.8. The van der Waals surface area contributed by atoms with E-state index in [0.717, 1.165) is 11.6 Å². The monoisotopic (exact) mass is 285 g/mol. The summed E-state index contributed by atoms with van der Waals surface area (Å²) in [5.41, 5.74) is 5.74. The van der Waals surface area contributed by atoms with Gasteiger partial charge in [-0.25, -0.2) is 0 Å². The number of fused-ring (bicyclic) bond motifs is 1. The molecule has 0 radical (unpaired) electrons. The molecular formula is C18H20ClN. The van der Waals surface area contributed by atoms with E-state index in [2.05, 4.69) is 42.6 Å². The average Bonchev–Trinajstić information content (AvgIpc) is 2.93. The van der Waals surface area contributed by atoms with Gasteiger partial charge in [0.25, 0.3) is 0 Å². The Bertz CT molecular complexity index is 589. The molecule has 2 aromatic rings. The Hall–Kier alpha value is -1.31. The molecule has 1 aliphatic carbocycles. The molecule has 104 valence electrons. The number of hydrogen-bond donors (Lipinski definition) is 1. The number of benzene rings is 2. The van der Waals surface area contributed by atoms with Gasteiger partial charge in [-0.2, -0.15) is 0 Å². The van der Waals surface area contributed by atoms with E-state index in [1.807, 2.05) is 12.1 Å². The molecule has 0 fully saturated rings. The van der Waals surface area contributed by atoms with Crippen molar-refractivity contribution in [2.24, 2.45) is 0 Å². The third-order valence-electron chi connectivity index (χ3n) is 4.15. The summed E-state index contributed by atoms with van der Waals surface area (Å²) in [6, 6.07) is 15.3. The summed E-state index contributed by atoms with van der Waals surface area (Å²) in [6.45, 7) is 3.10. The van der Waals surface area contributed by atoms with Crippen molar-refractivity contribution in [1.29, 1.82) is 0 Å². The Morgan fingerprint density at radius 2 is 1.80 bits per heavy atom. The standard InChI is InChI=1S/C18H20ClN/c1-13(15-7-9-18(19)10-8-15)20-12-14-5-6-16-3-2-4-17(16)11-14/h5-11,13,20H,2-4,12H2,1H3. The fraction of sp³-hybridized carbons (Fsp3) is 0.333. The third kappa shape index (κ3) is 3.05. The number of aryl methyl sites for hydroxylation is 2. The third-order valence-corrected chi connectivity index (χ3v) is 4.40. The molecule has 0 saturated carbocycles. The van der Waals surface area contributed by atoms with E-state index >= 15 is 0 Å². The molecule has 1 unspecified atom stereocenters. The van der Waals surface area contributed by atoms with Crippen LogP contribution in [-0.2, 0) is 19.4 Å². The smallest absolute Gasteiger partial charge is 0.0406 e. The molecule has 2 aromatic carbocycles. The zero-order valence-corrected chi connectivity index (χ0v) is 12.6. The fourth-order valence-electron chi connectivity index (χ4n) is 2.88. The van der Waals surface area contributed by atoms with Crippen LogP contribution in [0.5, 0.6) is 0 Å². The molecule has 0 saturated heterocycles. The van der Waals surface area contributed by atoms with Gasteiger partial charge in [-0.15, -0.1) is 0 Å². The maximum atomic E-state index is 5.92. The van der Waals surface area contributed by atoms with Gasteiger partial charge in [0.2, 0.25) is 0 Å². The first kappa shape index (κ1) is 13.7. The second-order valence-corrected chi connectivity index (χ2v) is 6.05. The van der Waals surface area contributed by atoms with Crippen LogP contribution in [-0.4, -0.2) is 0 Å². The normalized spacial score (nSPS) is 15.1. The molecular weight excluding hydrogens is 266 g/mol. The summed E-state index contributed by atoms with van der Waals surface area (Å²) in [5, 5.41) is 4.37. The topological polar surface area (TPSA) is 12.0 Å². The number of hydrogen-bond acceptors (Lipinski definition) is 1. The van der Waals surface area contributed by atoms with Gasteiger partial charge in [0.1, 0.15) is 0 Å². The van der Waals surface area contributed by atoms with Crippen LogP contribution in [0.1, 0.15) is 41.6 Å². The molecule has 20 heavy (non-hydrogen) atoms. The molecule has 0 bridgehead atoms. The molecule has 0 amide bonds. The molecule has 0 aromatic heterocycles. The van der Waals surface area contributed by atoms with Gasteiger partial charge in [0.05, 0.1) is 0 Å². The molecule has 1 atom stereocenters. The molecule has 2 heteroatoms. The van der Waals surface area contributed by atoms with Crippen molar-refractivity contribution in [3.8, 4) is 0 Å². The van der Waals surface area contributed by atoms with Gasteiger partial charge < -0.3 is 5.32 Å². The van der Waals surface area contributed by atoms with E-state index < -0.39 is 0 Å². The van der Waals surface area contributed by atoms with Crippen LogP contribution in [0.3, 0.4) is 0 Å². The lowest BCUT2D eigenvalue weighted by atomic mass is 10.1. The Labute approximate surface area is 126 Å². The minimum atomic E-state index is 0.334. The fourth-order valence-corrected chi connectivity index (χ4v) is 3.00. The highest BCUT2D eigenvalue weighted by Crippen LogP contribution is 2.23. The summed E-state index contributed by atoms with van der Waals surface area (Å²) < 4.78 is 0. The van der Waals surface area contributed by atoms with Crippen molar-refractivity contribution < 1.29 is 0 Å². The predicted molar refractivity (Wildman–Crippen MR) is 85.2 cm³/mol. The lowest BCUT2D eigenvalue weighted by Crippen LogP contribution is -2.18. The SMILES string of the molecule is CC(NCc1ccc2c(c1)CCC2)c1ccc(Cl)cc1. The van der Waals surface area contributed by atoms with Crippen LogP contribution in [0.25, 0.3) is 0 Å². The van der Waals surface area contributed by atoms with Crippen molar-refractivity contribution in [2.75, 3.05) is 0 Å². The van der Waals surface area contributed by atoms with Crippen LogP contribution >= 0.6 is 11.6 Å². The maximum Gasteiger partial charge on any atom is 0.0406 e. The molecule has 1 nitrogen and oxygen atoms in total. The van der Waals surface area contributed by atoms with Crippen LogP contribution in [0.4, 0.5) is 0 Å². The summed E-state index contributed by atoms with van der Waals surface area (Å²) in [4.78, 5) is 0. The average molecular weight is 286 g/mol. The zero-order chi connectivity index (χ0) is 13.9. The molecule has 0 aliphatic heterocycles. The van der Waals surface area contributed by atoms with Gasteiger partial charge in [0.15, 0.2) is 0 Å². The van der Waals surface area contributed by atoms with E-state index in [0.29, 0.717) is 6.04 Å². The van der Waals surface area contributed by atoms with E-state index in [1.165, 1.54) is 30.4 Å². The van der Waals surface area contributed by atoms with Gasteiger partial charge in [-0.3, -0.25) is 0 Å². The first-order valence-corrected chi connectivity index (χ1v) is 7.70. The van der Waals surface area contributed by atoms with Crippen LogP contribution < -0.4 is 5.32 Å². The number of rotatable bonds is 4. The van der Waals surface area contributed by atoms with Crippen molar-refractivity contribution in [2.45, 2.75) is 38.8 Å². The highest BCUT2D eigenvalue weighted by Gasteiger charge is 2.11. The number of nitrogens with one attached hydrogen (secondary N) is 1. The quantitative estimate of drug-likeness (QED) is 0.860. The van der Waals surface area contributed by atoms with E-state index in [-0.39, 0.29) is 0 Å². The van der Waals surface area contributed by atoms with E-state index in [4.69, 9.17) is 11.6 Å². The largest absolute Gasteiger partial charge is 0.306 e. The lowest BCUT2D eigenvalue weighted by Gasteiger charge is -2.15. The molecule has 1 aliphatic rings. The van der Waals surface area contributed by atoms with E-state index in [9.17, 15) is 0 Å². The minimum Gasteiger partial charge on any atom is -0.306 e. The lowest BCUT2D eigenvalue weighted by molar-refractivity contribution is 0.574. The molecule has 0 spiro atoms. The highest BCUT2D eigenvalue weighted by atomic mass is 35.5. The van der Waals surface area contributed by atoms with Crippen molar-refractivity contribution in [3.05, 3.63) is 69.7 Å². The molecule has 3 rings (SSSR count). The summed E-state index contributed by atoms with van der Waals surface area (Å²) >= 11 is 5.92. The first-order chi connectivity index (χ1) is 9.72. The molecule has 0 heterocycles. The summed E-state index contributed by atoms with van der Waals surface area (Å²) in [7, 11) is 0.